The smallest absolute Gasteiger partial charge is 0.133 e. The van der Waals surface area contributed by atoms with Gasteiger partial charge >= 0.3 is 0 Å². The maximum atomic E-state index is 13.6. The minimum atomic E-state index is -0.820. The van der Waals surface area contributed by atoms with Crippen molar-refractivity contribution in [2.45, 2.75) is 26.9 Å². The van der Waals surface area contributed by atoms with E-state index in [4.69, 9.17) is 16.3 Å². The molecule has 0 aliphatic rings. The predicted molar refractivity (Wildman–Crippen MR) is 78.0 cm³/mol. The maximum Gasteiger partial charge on any atom is 0.133 e. The summed E-state index contributed by atoms with van der Waals surface area (Å²) in [6.45, 7) is 5.12. The van der Waals surface area contributed by atoms with E-state index in [9.17, 15) is 9.50 Å². The third-order valence-corrected chi connectivity index (χ3v) is 3.35. The number of ether oxygens (including phenoxy) is 1. The van der Waals surface area contributed by atoms with Gasteiger partial charge in [-0.25, -0.2) is 4.39 Å². The fourth-order valence-corrected chi connectivity index (χ4v) is 2.05. The minimum absolute atomic E-state index is 0.365. The van der Waals surface area contributed by atoms with Gasteiger partial charge in [-0.1, -0.05) is 17.7 Å². The van der Waals surface area contributed by atoms with Crippen molar-refractivity contribution in [1.29, 1.82) is 0 Å². The fourth-order valence-electron chi connectivity index (χ4n) is 1.89. The van der Waals surface area contributed by atoms with Gasteiger partial charge in [0.25, 0.3) is 0 Å². The molecular formula is C16H16ClFO2. The molecule has 1 atom stereocenters. The van der Waals surface area contributed by atoms with E-state index in [1.54, 1.807) is 32.0 Å². The van der Waals surface area contributed by atoms with Crippen LogP contribution < -0.4 is 4.74 Å². The lowest BCUT2D eigenvalue weighted by Gasteiger charge is -2.16. The highest BCUT2D eigenvalue weighted by Crippen LogP contribution is 2.34. The first-order chi connectivity index (χ1) is 9.38. The van der Waals surface area contributed by atoms with Crippen molar-refractivity contribution in [3.63, 3.8) is 0 Å². The first-order valence-corrected chi connectivity index (χ1v) is 6.68. The third-order valence-electron chi connectivity index (χ3n) is 3.11. The SMILES string of the molecule is Cc1cc(Oc2cc(Cl)ccc2C)c([C@H](C)O)cc1F. The molecule has 4 heteroatoms. The average Bonchev–Trinajstić information content (AvgIpc) is 2.37. The molecule has 0 unspecified atom stereocenters. The van der Waals surface area contributed by atoms with Crippen LogP contribution in [0.15, 0.2) is 30.3 Å². The first kappa shape index (κ1) is 14.8. The van der Waals surface area contributed by atoms with Crippen molar-refractivity contribution in [2.75, 3.05) is 0 Å². The largest absolute Gasteiger partial charge is 0.457 e. The molecule has 2 nitrogen and oxygen atoms in total. The third kappa shape index (κ3) is 3.11. The Morgan fingerprint density at radius 2 is 1.80 bits per heavy atom. The zero-order chi connectivity index (χ0) is 14.9. The van der Waals surface area contributed by atoms with E-state index < -0.39 is 6.10 Å². The van der Waals surface area contributed by atoms with Crippen LogP contribution in [0.2, 0.25) is 5.02 Å². The van der Waals surface area contributed by atoms with Gasteiger partial charge in [0.15, 0.2) is 0 Å². The van der Waals surface area contributed by atoms with Gasteiger partial charge in [-0.15, -0.1) is 0 Å². The average molecular weight is 295 g/mol. The molecule has 2 aromatic carbocycles. The molecule has 0 saturated heterocycles. The lowest BCUT2D eigenvalue weighted by Crippen LogP contribution is -1.99. The Labute approximate surface area is 122 Å². The number of benzene rings is 2. The van der Waals surface area contributed by atoms with Crippen LogP contribution in [-0.2, 0) is 0 Å². The molecule has 0 radical (unpaired) electrons. The van der Waals surface area contributed by atoms with Gasteiger partial charge < -0.3 is 9.84 Å². The monoisotopic (exact) mass is 294 g/mol. The summed E-state index contributed by atoms with van der Waals surface area (Å²) in [4.78, 5) is 0. The van der Waals surface area contributed by atoms with Gasteiger partial charge in [-0.2, -0.15) is 0 Å². The van der Waals surface area contributed by atoms with Crippen molar-refractivity contribution in [3.05, 3.63) is 57.9 Å². The maximum absolute atomic E-state index is 13.6. The molecule has 0 aliphatic heterocycles. The minimum Gasteiger partial charge on any atom is -0.457 e. The van der Waals surface area contributed by atoms with E-state index in [0.29, 0.717) is 27.6 Å². The second-order valence-electron chi connectivity index (χ2n) is 4.83. The van der Waals surface area contributed by atoms with E-state index in [0.717, 1.165) is 5.56 Å². The van der Waals surface area contributed by atoms with Gasteiger partial charge in [-0.3, -0.25) is 0 Å². The quantitative estimate of drug-likeness (QED) is 0.868. The molecule has 0 aromatic heterocycles. The Bertz CT molecular complexity index is 639. The van der Waals surface area contributed by atoms with E-state index in [1.807, 2.05) is 13.0 Å². The molecule has 0 bridgehead atoms. The zero-order valence-corrected chi connectivity index (χ0v) is 12.3. The Morgan fingerprint density at radius 3 is 2.45 bits per heavy atom. The van der Waals surface area contributed by atoms with Gasteiger partial charge in [0.1, 0.15) is 17.3 Å². The molecule has 2 aromatic rings. The van der Waals surface area contributed by atoms with E-state index in [1.165, 1.54) is 6.07 Å². The van der Waals surface area contributed by atoms with Crippen LogP contribution in [0.5, 0.6) is 11.5 Å². The molecule has 20 heavy (non-hydrogen) atoms. The second-order valence-corrected chi connectivity index (χ2v) is 5.26. The molecular weight excluding hydrogens is 279 g/mol. The summed E-state index contributed by atoms with van der Waals surface area (Å²) in [6.07, 6.45) is -0.820. The van der Waals surface area contributed by atoms with Crippen LogP contribution in [-0.4, -0.2) is 5.11 Å². The summed E-state index contributed by atoms with van der Waals surface area (Å²) in [5.74, 6) is 0.658. The van der Waals surface area contributed by atoms with Crippen LogP contribution in [0.1, 0.15) is 29.7 Å². The molecule has 2 rings (SSSR count). The normalized spacial score (nSPS) is 12.3. The molecule has 0 amide bonds. The summed E-state index contributed by atoms with van der Waals surface area (Å²) in [5.41, 5.74) is 1.78. The van der Waals surface area contributed by atoms with Crippen LogP contribution in [0.3, 0.4) is 0 Å². The van der Waals surface area contributed by atoms with Crippen molar-refractivity contribution < 1.29 is 14.2 Å². The molecule has 0 heterocycles. The summed E-state index contributed by atoms with van der Waals surface area (Å²) in [5, 5.41) is 10.3. The van der Waals surface area contributed by atoms with Crippen molar-refractivity contribution in [3.8, 4) is 11.5 Å². The van der Waals surface area contributed by atoms with Crippen molar-refractivity contribution in [2.24, 2.45) is 0 Å². The predicted octanol–water partition coefficient (Wildman–Crippen LogP) is 4.94. The van der Waals surface area contributed by atoms with Crippen LogP contribution in [0, 0.1) is 19.7 Å². The number of aliphatic hydroxyl groups excluding tert-OH is 1. The van der Waals surface area contributed by atoms with Crippen LogP contribution in [0.4, 0.5) is 4.39 Å². The highest BCUT2D eigenvalue weighted by Gasteiger charge is 2.14. The Morgan fingerprint density at radius 1 is 1.10 bits per heavy atom. The summed E-state index contributed by atoms with van der Waals surface area (Å²) < 4.78 is 19.4. The number of hydrogen-bond donors (Lipinski definition) is 1. The highest BCUT2D eigenvalue weighted by molar-refractivity contribution is 6.30. The molecule has 0 saturated carbocycles. The topological polar surface area (TPSA) is 29.5 Å². The van der Waals surface area contributed by atoms with Gasteiger partial charge in [0.2, 0.25) is 0 Å². The number of aryl methyl sites for hydroxylation is 2. The second kappa shape index (κ2) is 5.81. The number of hydrogen-bond acceptors (Lipinski definition) is 2. The van der Waals surface area contributed by atoms with E-state index in [2.05, 4.69) is 0 Å². The lowest BCUT2D eigenvalue weighted by atomic mass is 10.1. The Hall–Kier alpha value is -1.58. The van der Waals surface area contributed by atoms with Gasteiger partial charge in [0.05, 0.1) is 6.10 Å². The van der Waals surface area contributed by atoms with Crippen molar-refractivity contribution in [1.82, 2.24) is 0 Å². The summed E-state index contributed by atoms with van der Waals surface area (Å²) in [7, 11) is 0. The Kier molecular flexibility index (Phi) is 4.31. The zero-order valence-electron chi connectivity index (χ0n) is 11.6. The van der Waals surface area contributed by atoms with Crippen LogP contribution >= 0.6 is 11.6 Å². The highest BCUT2D eigenvalue weighted by atomic mass is 35.5. The molecule has 0 fully saturated rings. The van der Waals surface area contributed by atoms with E-state index in [-0.39, 0.29) is 5.82 Å². The van der Waals surface area contributed by atoms with Crippen molar-refractivity contribution >= 4 is 11.6 Å². The first-order valence-electron chi connectivity index (χ1n) is 6.30. The summed E-state index contributed by atoms with van der Waals surface area (Å²) in [6, 6.07) is 8.19. The molecule has 0 aliphatic carbocycles. The number of rotatable bonds is 3. The Balaban J connectivity index is 2.47. The van der Waals surface area contributed by atoms with Crippen LogP contribution in [0.25, 0.3) is 0 Å². The molecule has 0 spiro atoms. The standard InChI is InChI=1S/C16H16ClFO2/c1-9-4-5-12(17)7-15(9)20-16-6-10(2)14(18)8-13(16)11(3)19/h4-8,11,19H,1-3H3/t11-/m0/s1. The number of halogens is 2. The lowest BCUT2D eigenvalue weighted by molar-refractivity contribution is 0.195. The molecule has 106 valence electrons. The molecule has 1 N–H and O–H groups in total. The van der Waals surface area contributed by atoms with Gasteiger partial charge in [0, 0.05) is 10.6 Å². The summed E-state index contributed by atoms with van der Waals surface area (Å²) >= 11 is 5.95. The fraction of sp³-hybridized carbons (Fsp3) is 0.250. The number of aliphatic hydroxyl groups is 1. The van der Waals surface area contributed by atoms with Gasteiger partial charge in [-0.05, 0) is 56.2 Å². The van der Waals surface area contributed by atoms with E-state index >= 15 is 0 Å².